The molecule has 1 heterocycles. The number of pyridine rings is 1. The molecule has 2 rings (SSSR count). The fourth-order valence-electron chi connectivity index (χ4n) is 1.48. The fourth-order valence-corrected chi connectivity index (χ4v) is 1.48. The van der Waals surface area contributed by atoms with E-state index in [0.717, 1.165) is 11.3 Å². The number of H-pyrrole nitrogens is 1. The second-order valence-corrected chi connectivity index (χ2v) is 3.07. The number of hydrogen-bond donors (Lipinski definition) is 0. The van der Waals surface area contributed by atoms with E-state index in [1.807, 2.05) is 36.5 Å². The van der Waals surface area contributed by atoms with E-state index in [1.54, 1.807) is 0 Å². The van der Waals surface area contributed by atoms with Gasteiger partial charge < -0.3 is 24.0 Å². The van der Waals surface area contributed by atoms with Crippen molar-refractivity contribution < 1.29 is 29.0 Å². The van der Waals surface area contributed by atoms with Crippen LogP contribution in [0.1, 0.15) is 5.56 Å². The zero-order chi connectivity index (χ0) is 9.80. The number of benzene rings is 1. The van der Waals surface area contributed by atoms with Crippen molar-refractivity contribution >= 4 is 6.08 Å². The molecule has 0 bridgehead atoms. The number of hydrogen-bond acceptors (Lipinski definition) is 0. The lowest BCUT2D eigenvalue weighted by Crippen LogP contribution is -3.00. The van der Waals surface area contributed by atoms with Crippen molar-refractivity contribution in [3.63, 3.8) is 0 Å². The van der Waals surface area contributed by atoms with Crippen LogP contribution in [-0.4, -0.2) is 0 Å². The molecule has 76 valence electrons. The maximum Gasteiger partial charge on any atom is 0.211 e. The van der Waals surface area contributed by atoms with Crippen LogP contribution in [0.25, 0.3) is 17.3 Å². The highest BCUT2D eigenvalue weighted by atomic mass is 127. The Labute approximate surface area is 107 Å². The van der Waals surface area contributed by atoms with E-state index in [1.165, 1.54) is 5.56 Å². The first-order valence-corrected chi connectivity index (χ1v) is 4.60. The maximum absolute atomic E-state index is 3.80. The third-order valence-corrected chi connectivity index (χ3v) is 2.18. The highest BCUT2D eigenvalue weighted by molar-refractivity contribution is 5.70. The summed E-state index contributed by atoms with van der Waals surface area (Å²) in [5.41, 5.74) is 3.45. The first-order valence-electron chi connectivity index (χ1n) is 4.60. The van der Waals surface area contributed by atoms with E-state index in [4.69, 9.17) is 0 Å². The summed E-state index contributed by atoms with van der Waals surface area (Å²) in [5.74, 6) is 0. The number of aromatic amines is 1. The quantitative estimate of drug-likeness (QED) is 0.683. The van der Waals surface area contributed by atoms with Gasteiger partial charge in [-0.25, -0.2) is 4.98 Å². The Hall–Kier alpha value is -1.16. The van der Waals surface area contributed by atoms with Crippen LogP contribution < -0.4 is 29.0 Å². The van der Waals surface area contributed by atoms with Crippen LogP contribution in [-0.2, 0) is 0 Å². The van der Waals surface area contributed by atoms with Crippen LogP contribution in [0.5, 0.6) is 0 Å². The van der Waals surface area contributed by atoms with E-state index < -0.39 is 0 Å². The van der Waals surface area contributed by atoms with Crippen molar-refractivity contribution in [2.45, 2.75) is 0 Å². The van der Waals surface area contributed by atoms with Gasteiger partial charge in [-0.05, 0) is 17.7 Å². The van der Waals surface area contributed by atoms with Gasteiger partial charge in [-0.1, -0.05) is 30.9 Å². The minimum atomic E-state index is 0. The van der Waals surface area contributed by atoms with Crippen molar-refractivity contribution in [2.24, 2.45) is 0 Å². The lowest BCUT2D eigenvalue weighted by Gasteiger charge is -1.99. The van der Waals surface area contributed by atoms with Crippen molar-refractivity contribution in [1.29, 1.82) is 0 Å². The normalized spacial score (nSPS) is 9.07. The van der Waals surface area contributed by atoms with Gasteiger partial charge in [-0.3, -0.25) is 0 Å². The molecule has 0 atom stereocenters. The smallest absolute Gasteiger partial charge is 0.211 e. The first kappa shape index (κ1) is 11.9. The van der Waals surface area contributed by atoms with Crippen LogP contribution in [0.2, 0.25) is 0 Å². The largest absolute Gasteiger partial charge is 1.00 e. The molecule has 1 aromatic heterocycles. The highest BCUT2D eigenvalue weighted by Gasteiger charge is 2.06. The molecule has 1 nitrogen and oxygen atoms in total. The molecule has 1 N–H and O–H groups in total. The second kappa shape index (κ2) is 5.66. The summed E-state index contributed by atoms with van der Waals surface area (Å²) in [6.45, 7) is 3.80. The minimum Gasteiger partial charge on any atom is -1.00 e. The third kappa shape index (κ3) is 2.65. The van der Waals surface area contributed by atoms with E-state index >= 15 is 0 Å². The highest BCUT2D eigenvalue weighted by Crippen LogP contribution is 2.19. The Bertz CT molecular complexity index is 437. The van der Waals surface area contributed by atoms with Gasteiger partial charge in [-0.2, -0.15) is 0 Å². The van der Waals surface area contributed by atoms with Gasteiger partial charge in [0, 0.05) is 12.1 Å². The topological polar surface area (TPSA) is 14.1 Å². The van der Waals surface area contributed by atoms with E-state index in [0.29, 0.717) is 0 Å². The number of nitrogens with one attached hydrogen (secondary N) is 1. The molecule has 0 radical (unpaired) electrons. The van der Waals surface area contributed by atoms with E-state index in [-0.39, 0.29) is 24.0 Å². The average molecular weight is 309 g/mol. The van der Waals surface area contributed by atoms with E-state index in [9.17, 15) is 0 Å². The van der Waals surface area contributed by atoms with Gasteiger partial charge in [-0.15, -0.1) is 0 Å². The predicted molar refractivity (Wildman–Crippen MR) is 58.5 cm³/mol. The standard InChI is InChI=1S/C13H11N.HI/c1-2-11-7-3-4-8-12(11)13-9-5-6-10-14-13;/h2-10H,1H2;1H. The fraction of sp³-hybridized carbons (Fsp3) is 0. The molecule has 15 heavy (non-hydrogen) atoms. The predicted octanol–water partition coefficient (Wildman–Crippen LogP) is -0.185. The molecule has 1 aromatic carbocycles. The molecule has 0 saturated carbocycles. The minimum absolute atomic E-state index is 0. The Balaban J connectivity index is 0.00000112. The van der Waals surface area contributed by atoms with Gasteiger partial charge in [0.2, 0.25) is 5.69 Å². The van der Waals surface area contributed by atoms with Gasteiger partial charge in [0.25, 0.3) is 0 Å². The lowest BCUT2D eigenvalue weighted by molar-refractivity contribution is -0.364. The summed E-state index contributed by atoms with van der Waals surface area (Å²) in [4.78, 5) is 3.21. The van der Waals surface area contributed by atoms with Gasteiger partial charge >= 0.3 is 0 Å². The molecule has 2 aromatic rings. The number of aromatic nitrogens is 1. The molecule has 0 saturated heterocycles. The molecule has 0 aliphatic rings. The molecule has 0 spiro atoms. The van der Waals surface area contributed by atoms with Crippen LogP contribution in [0, 0.1) is 0 Å². The molecule has 0 amide bonds. The summed E-state index contributed by atoms with van der Waals surface area (Å²) in [6.07, 6.45) is 3.80. The monoisotopic (exact) mass is 309 g/mol. The molecular weight excluding hydrogens is 297 g/mol. The zero-order valence-corrected chi connectivity index (χ0v) is 10.4. The second-order valence-electron chi connectivity index (χ2n) is 3.07. The van der Waals surface area contributed by atoms with Crippen LogP contribution >= 0.6 is 0 Å². The molecule has 0 unspecified atom stereocenters. The maximum atomic E-state index is 3.80. The number of halogens is 1. The molecule has 0 aliphatic heterocycles. The summed E-state index contributed by atoms with van der Waals surface area (Å²) in [6, 6.07) is 14.2. The first-order chi connectivity index (χ1) is 6.92. The zero-order valence-electron chi connectivity index (χ0n) is 8.28. The van der Waals surface area contributed by atoms with Crippen molar-refractivity contribution in [1.82, 2.24) is 0 Å². The number of rotatable bonds is 2. The molecular formula is C13H12IN. The Kier molecular flexibility index (Phi) is 4.49. The Morgan fingerprint density at radius 3 is 2.40 bits per heavy atom. The third-order valence-electron chi connectivity index (χ3n) is 2.18. The van der Waals surface area contributed by atoms with Crippen molar-refractivity contribution in [3.05, 3.63) is 60.8 Å². The van der Waals surface area contributed by atoms with Gasteiger partial charge in [0.15, 0.2) is 6.20 Å². The Morgan fingerprint density at radius 1 is 1.00 bits per heavy atom. The molecule has 0 fully saturated rings. The van der Waals surface area contributed by atoms with Gasteiger partial charge in [0.05, 0.1) is 5.56 Å². The summed E-state index contributed by atoms with van der Waals surface area (Å²) >= 11 is 0. The molecule has 0 aliphatic carbocycles. The van der Waals surface area contributed by atoms with Gasteiger partial charge in [0.1, 0.15) is 0 Å². The summed E-state index contributed by atoms with van der Waals surface area (Å²) in [5, 5.41) is 0. The van der Waals surface area contributed by atoms with E-state index in [2.05, 4.69) is 29.8 Å². The van der Waals surface area contributed by atoms with Crippen molar-refractivity contribution in [3.8, 4) is 11.3 Å². The van der Waals surface area contributed by atoms with Crippen LogP contribution in [0.4, 0.5) is 0 Å². The average Bonchev–Trinajstić information content (AvgIpc) is 2.30. The summed E-state index contributed by atoms with van der Waals surface area (Å²) < 4.78 is 0. The SMILES string of the molecule is C=Cc1ccccc1-c1cccc[nH+]1.[I-]. The molecule has 2 heteroatoms. The van der Waals surface area contributed by atoms with Crippen LogP contribution in [0.15, 0.2) is 55.2 Å². The summed E-state index contributed by atoms with van der Waals surface area (Å²) in [7, 11) is 0. The van der Waals surface area contributed by atoms with Crippen LogP contribution in [0.3, 0.4) is 0 Å². The van der Waals surface area contributed by atoms with Crippen molar-refractivity contribution in [2.75, 3.05) is 0 Å². The Morgan fingerprint density at radius 2 is 1.73 bits per heavy atom. The lowest BCUT2D eigenvalue weighted by atomic mass is 10.0.